The lowest BCUT2D eigenvalue weighted by Crippen LogP contribution is -2.43. The number of carbonyl (C=O) groups is 2. The Kier molecular flexibility index (Phi) is 6.99. The largest absolute Gasteiger partial charge is 0.355 e. The molecule has 7 heteroatoms. The summed E-state index contributed by atoms with van der Waals surface area (Å²) in [6.45, 7) is 1.69. The number of benzene rings is 2. The Morgan fingerprint density at radius 3 is 2.52 bits per heavy atom. The maximum absolute atomic E-state index is 12.7. The molecule has 160 valence electrons. The zero-order valence-corrected chi connectivity index (χ0v) is 18.7. The first-order chi connectivity index (χ1) is 15.1. The molecule has 2 aromatic carbocycles. The third-order valence-corrected chi connectivity index (χ3v) is 6.78. The maximum atomic E-state index is 12.7. The van der Waals surface area contributed by atoms with Gasteiger partial charge in [-0.05, 0) is 25.0 Å². The molecule has 5 nitrogen and oxygen atoms in total. The second-order valence-corrected chi connectivity index (χ2v) is 8.86. The van der Waals surface area contributed by atoms with Crippen molar-refractivity contribution >= 4 is 34.8 Å². The van der Waals surface area contributed by atoms with Gasteiger partial charge in [-0.25, -0.2) is 4.98 Å². The summed E-state index contributed by atoms with van der Waals surface area (Å²) in [5, 5.41) is 6.55. The fraction of sp³-hybridized carbons (Fsp3) is 0.292. The number of hydrogen-bond donors (Lipinski definition) is 1. The first-order valence-electron chi connectivity index (χ1n) is 10.4. The van der Waals surface area contributed by atoms with E-state index >= 15 is 0 Å². The van der Waals surface area contributed by atoms with Crippen molar-refractivity contribution in [2.75, 3.05) is 19.6 Å². The third-order valence-electron chi connectivity index (χ3n) is 5.51. The quantitative estimate of drug-likeness (QED) is 0.589. The molecule has 0 spiro atoms. The molecule has 0 bridgehead atoms. The van der Waals surface area contributed by atoms with Crippen LogP contribution in [0, 0.1) is 5.92 Å². The summed E-state index contributed by atoms with van der Waals surface area (Å²) < 4.78 is 0. The van der Waals surface area contributed by atoms with Crippen LogP contribution in [0.2, 0.25) is 5.02 Å². The lowest BCUT2D eigenvalue weighted by atomic mass is 9.95. The second-order valence-electron chi connectivity index (χ2n) is 7.60. The average Bonchev–Trinajstić information content (AvgIpc) is 3.28. The van der Waals surface area contributed by atoms with Crippen LogP contribution < -0.4 is 5.32 Å². The summed E-state index contributed by atoms with van der Waals surface area (Å²) in [4.78, 5) is 31.7. The van der Waals surface area contributed by atoms with E-state index in [1.165, 1.54) is 0 Å². The van der Waals surface area contributed by atoms with Crippen molar-refractivity contribution < 1.29 is 9.59 Å². The number of halogens is 1. The molecule has 31 heavy (non-hydrogen) atoms. The van der Waals surface area contributed by atoms with Crippen molar-refractivity contribution in [2.45, 2.75) is 19.3 Å². The lowest BCUT2D eigenvalue weighted by molar-refractivity contribution is -0.126. The molecule has 2 amide bonds. The second kappa shape index (κ2) is 10.1. The van der Waals surface area contributed by atoms with Crippen molar-refractivity contribution in [3.05, 3.63) is 76.3 Å². The highest BCUT2D eigenvalue weighted by atomic mass is 35.5. The summed E-state index contributed by atoms with van der Waals surface area (Å²) in [6, 6.07) is 17.2. The Morgan fingerprint density at radius 2 is 1.77 bits per heavy atom. The molecule has 0 aliphatic carbocycles. The van der Waals surface area contributed by atoms with Gasteiger partial charge in [0, 0.05) is 42.9 Å². The van der Waals surface area contributed by atoms with Crippen LogP contribution in [-0.4, -0.2) is 41.3 Å². The van der Waals surface area contributed by atoms with Gasteiger partial charge in [-0.2, -0.15) is 0 Å². The number of amides is 2. The summed E-state index contributed by atoms with van der Waals surface area (Å²) in [7, 11) is 0. The minimum absolute atomic E-state index is 0.0587. The third kappa shape index (κ3) is 5.32. The van der Waals surface area contributed by atoms with Crippen LogP contribution in [0.3, 0.4) is 0 Å². The molecule has 0 saturated carbocycles. The molecule has 1 aliphatic heterocycles. The van der Waals surface area contributed by atoms with E-state index in [0.29, 0.717) is 49.5 Å². The Morgan fingerprint density at radius 1 is 1.06 bits per heavy atom. The van der Waals surface area contributed by atoms with E-state index in [4.69, 9.17) is 11.6 Å². The molecule has 1 aromatic heterocycles. The molecular formula is C24H24ClN3O2S. The molecule has 3 aromatic rings. The average molecular weight is 454 g/mol. The summed E-state index contributed by atoms with van der Waals surface area (Å²) in [6.07, 6.45) is 2.03. The Bertz CT molecular complexity index is 1050. The van der Waals surface area contributed by atoms with Crippen molar-refractivity contribution in [1.82, 2.24) is 15.2 Å². The van der Waals surface area contributed by atoms with E-state index in [1.54, 1.807) is 28.4 Å². The van der Waals surface area contributed by atoms with Gasteiger partial charge in [0.2, 0.25) is 5.91 Å². The van der Waals surface area contributed by atoms with Crippen LogP contribution >= 0.6 is 22.9 Å². The SMILES string of the molecule is O=C(NCCc1csc(-c2ccccc2)n1)C1CCN(C(=O)c2ccccc2Cl)CC1. The van der Waals surface area contributed by atoms with Gasteiger partial charge in [-0.1, -0.05) is 54.1 Å². The molecule has 1 aliphatic rings. The number of hydrogen-bond acceptors (Lipinski definition) is 4. The molecule has 2 heterocycles. The van der Waals surface area contributed by atoms with Crippen LogP contribution in [0.25, 0.3) is 10.6 Å². The molecule has 1 saturated heterocycles. The Balaban J connectivity index is 1.22. The summed E-state index contributed by atoms with van der Waals surface area (Å²) in [5.41, 5.74) is 2.62. The van der Waals surface area contributed by atoms with Crippen molar-refractivity contribution in [1.29, 1.82) is 0 Å². The molecule has 0 unspecified atom stereocenters. The van der Waals surface area contributed by atoms with Gasteiger partial charge in [0.05, 0.1) is 16.3 Å². The molecular weight excluding hydrogens is 430 g/mol. The number of nitrogens with one attached hydrogen (secondary N) is 1. The molecule has 0 radical (unpaired) electrons. The zero-order valence-electron chi connectivity index (χ0n) is 17.1. The van der Waals surface area contributed by atoms with Crippen LogP contribution in [0.5, 0.6) is 0 Å². The van der Waals surface area contributed by atoms with E-state index in [9.17, 15) is 9.59 Å². The number of aromatic nitrogens is 1. The maximum Gasteiger partial charge on any atom is 0.255 e. The van der Waals surface area contributed by atoms with Crippen molar-refractivity contribution in [3.63, 3.8) is 0 Å². The monoisotopic (exact) mass is 453 g/mol. The van der Waals surface area contributed by atoms with Gasteiger partial charge in [0.1, 0.15) is 5.01 Å². The number of piperidine rings is 1. The van der Waals surface area contributed by atoms with E-state index in [2.05, 4.69) is 10.3 Å². The van der Waals surface area contributed by atoms with Crippen LogP contribution in [0.1, 0.15) is 28.9 Å². The fourth-order valence-electron chi connectivity index (χ4n) is 3.74. The minimum atomic E-state index is -0.0674. The van der Waals surface area contributed by atoms with E-state index in [0.717, 1.165) is 16.3 Å². The van der Waals surface area contributed by atoms with E-state index in [1.807, 2.05) is 47.8 Å². The lowest BCUT2D eigenvalue weighted by Gasteiger charge is -2.31. The number of carbonyl (C=O) groups excluding carboxylic acids is 2. The molecule has 1 N–H and O–H groups in total. The standard InChI is InChI=1S/C24H24ClN3O2S/c25-21-9-5-4-8-20(21)24(30)28-14-11-17(12-15-28)22(29)26-13-10-19-16-31-23(27-19)18-6-2-1-3-7-18/h1-9,16-17H,10-15H2,(H,26,29). The van der Waals surface area contributed by atoms with Gasteiger partial charge in [0.25, 0.3) is 5.91 Å². The first kappa shape index (κ1) is 21.5. The molecule has 0 atom stereocenters. The van der Waals surface area contributed by atoms with Gasteiger partial charge >= 0.3 is 0 Å². The predicted molar refractivity (Wildman–Crippen MR) is 124 cm³/mol. The van der Waals surface area contributed by atoms with E-state index < -0.39 is 0 Å². The van der Waals surface area contributed by atoms with Crippen LogP contribution in [-0.2, 0) is 11.2 Å². The number of thiazole rings is 1. The van der Waals surface area contributed by atoms with E-state index in [-0.39, 0.29) is 17.7 Å². The van der Waals surface area contributed by atoms with Crippen molar-refractivity contribution in [2.24, 2.45) is 5.92 Å². The summed E-state index contributed by atoms with van der Waals surface area (Å²) >= 11 is 7.77. The highest BCUT2D eigenvalue weighted by Crippen LogP contribution is 2.24. The fourth-order valence-corrected chi connectivity index (χ4v) is 4.82. The smallest absolute Gasteiger partial charge is 0.255 e. The van der Waals surface area contributed by atoms with Gasteiger partial charge < -0.3 is 10.2 Å². The zero-order chi connectivity index (χ0) is 21.6. The molecule has 4 rings (SSSR count). The van der Waals surface area contributed by atoms with Gasteiger partial charge in [0.15, 0.2) is 0 Å². The predicted octanol–water partition coefficient (Wildman–Crippen LogP) is 4.67. The number of nitrogens with zero attached hydrogens (tertiary/aromatic N) is 2. The van der Waals surface area contributed by atoms with Gasteiger partial charge in [-0.3, -0.25) is 9.59 Å². The Labute approximate surface area is 191 Å². The molecule has 1 fully saturated rings. The number of rotatable bonds is 6. The van der Waals surface area contributed by atoms with Crippen LogP contribution in [0.4, 0.5) is 0 Å². The minimum Gasteiger partial charge on any atom is -0.355 e. The van der Waals surface area contributed by atoms with Crippen molar-refractivity contribution in [3.8, 4) is 10.6 Å². The number of likely N-dealkylation sites (tertiary alicyclic amines) is 1. The normalized spacial score (nSPS) is 14.4. The van der Waals surface area contributed by atoms with Crippen LogP contribution in [0.15, 0.2) is 60.0 Å². The van der Waals surface area contributed by atoms with Gasteiger partial charge in [-0.15, -0.1) is 11.3 Å². The first-order valence-corrected chi connectivity index (χ1v) is 11.7. The summed E-state index contributed by atoms with van der Waals surface area (Å²) in [5.74, 6) is -0.0730. The highest BCUT2D eigenvalue weighted by molar-refractivity contribution is 7.13. The highest BCUT2D eigenvalue weighted by Gasteiger charge is 2.28. The Hall–Kier alpha value is -2.70. The topological polar surface area (TPSA) is 62.3 Å².